The Morgan fingerprint density at radius 3 is 1.18 bits per heavy atom. The molecule has 22 rings (SSSR count). The highest BCUT2D eigenvalue weighted by atomic mass is 32.1. The Morgan fingerprint density at radius 2 is 0.615 bits per heavy atom. The molecule has 6 aromatic heterocycles. The maximum atomic E-state index is 5.31. The van der Waals surface area contributed by atoms with Crippen molar-refractivity contribution in [2.75, 3.05) is 0 Å². The van der Waals surface area contributed by atoms with E-state index in [1.807, 2.05) is 40.2 Å². The third-order valence-corrected chi connectivity index (χ3v) is 36.2. The minimum atomic E-state index is -3.05. The lowest BCUT2D eigenvalue weighted by Crippen LogP contribution is -2.74. The molecule has 16 aromatic carbocycles. The summed E-state index contributed by atoms with van der Waals surface area (Å²) in [6, 6.07) is 147. The minimum Gasteiger partial charge on any atom is -0.309 e. The summed E-state index contributed by atoms with van der Waals surface area (Å²) in [5.41, 5.74) is 14.1. The molecule has 0 saturated carbocycles. The summed E-state index contributed by atoms with van der Waals surface area (Å²) >= 11 is 5.66. The van der Waals surface area contributed by atoms with E-state index in [4.69, 9.17) is 4.98 Å². The van der Waals surface area contributed by atoms with Crippen molar-refractivity contribution in [1.82, 2.24) is 14.1 Å². The van der Waals surface area contributed by atoms with Gasteiger partial charge in [0.2, 0.25) is 0 Å². The second kappa shape index (κ2) is 25.5. The summed E-state index contributed by atoms with van der Waals surface area (Å²) in [6.07, 6.45) is 2.02. The van der Waals surface area contributed by atoms with E-state index in [0.717, 1.165) is 22.6 Å². The fourth-order valence-corrected chi connectivity index (χ4v) is 31.6. The number of thiophene rings is 3. The van der Waals surface area contributed by atoms with Gasteiger partial charge in [-0.25, -0.2) is 0 Å². The van der Waals surface area contributed by atoms with E-state index >= 15 is 0 Å². The molecular weight excluding hydrogens is 1410 g/mol. The first-order valence-electron chi connectivity index (χ1n) is 37.3. The molecule has 3 nitrogen and oxygen atoms in total. The van der Waals surface area contributed by atoms with Gasteiger partial charge in [0.05, 0.1) is 32.5 Å². The van der Waals surface area contributed by atoms with E-state index in [0.29, 0.717) is 0 Å². The van der Waals surface area contributed by atoms with E-state index in [-0.39, 0.29) is 0 Å². The first-order valence-corrected chi connectivity index (χ1v) is 43.7. The number of pyridine rings is 1. The van der Waals surface area contributed by atoms with Gasteiger partial charge in [-0.1, -0.05) is 303 Å². The summed E-state index contributed by atoms with van der Waals surface area (Å²) in [4.78, 5) is 5.31. The quantitative estimate of drug-likeness (QED) is 0.0833. The van der Waals surface area contributed by atoms with Crippen molar-refractivity contribution in [2.24, 2.45) is 0 Å². The summed E-state index contributed by atoms with van der Waals surface area (Å²) < 4.78 is 12.7. The number of nitrogens with zero attached hydrogens (tertiary/aromatic N) is 3. The summed E-state index contributed by atoms with van der Waals surface area (Å²) in [5, 5.41) is 23.3. The largest absolute Gasteiger partial charge is 0.309 e. The molecule has 109 heavy (non-hydrogen) atoms. The predicted molar refractivity (Wildman–Crippen MR) is 475 cm³/mol. The van der Waals surface area contributed by atoms with Crippen LogP contribution in [-0.4, -0.2) is 30.3 Å². The molecule has 0 amide bonds. The van der Waals surface area contributed by atoms with E-state index in [9.17, 15) is 0 Å². The average molecular weight is 1470 g/mol. The molecule has 510 valence electrons. The second-order valence-electron chi connectivity index (χ2n) is 28.7. The lowest BCUT2D eigenvalue weighted by atomic mass is 10.00. The molecular formula is C101H65N3S3Si2. The van der Waals surface area contributed by atoms with Crippen LogP contribution in [0.5, 0.6) is 0 Å². The standard InChI is InChI=1S/C101H65N3S3Si2/c1-5-30-72(31-6-1)108(73-32-7-2-8-33-73,76-38-21-26-68(60-76)80-46-25-47-84-83-44-16-20-51-94(83)105-99(80)84)79-41-24-29-71(65-79)104-92-50-19-15-45-87(92)97-93(104)55-54-85-88-62-66(52-56-95(88)106-100(85)97)67-53-57-96-89(63-67)86-58-59-102-98(101(86)107-96)69-27-22-39-77(61-69)109(74-34-9-3-10-35-74,75-36-11-4-12-37-75)78-40-23-28-70(64-78)103-90-48-17-13-42-81(90)82-43-14-18-49-91(82)103/h1-65H. The third-order valence-electron chi connectivity index (χ3n) is 23.1. The molecule has 0 spiro atoms. The second-order valence-corrected chi connectivity index (χ2v) is 39.5. The van der Waals surface area contributed by atoms with E-state index in [2.05, 4.69) is 397 Å². The van der Waals surface area contributed by atoms with Crippen LogP contribution in [0.4, 0.5) is 0 Å². The molecule has 0 aliphatic carbocycles. The zero-order chi connectivity index (χ0) is 71.7. The van der Waals surface area contributed by atoms with Gasteiger partial charge in [-0.3, -0.25) is 4.98 Å². The van der Waals surface area contributed by atoms with Gasteiger partial charge in [0, 0.05) is 100 Å². The summed E-state index contributed by atoms with van der Waals surface area (Å²) in [5.74, 6) is 0. The highest BCUT2D eigenvalue weighted by molar-refractivity contribution is 7.27. The number of para-hydroxylation sites is 3. The van der Waals surface area contributed by atoms with Crippen LogP contribution < -0.4 is 41.5 Å². The molecule has 0 radical (unpaired) electrons. The zero-order valence-corrected chi connectivity index (χ0v) is 63.5. The molecule has 22 aromatic rings. The number of hydrogen-bond acceptors (Lipinski definition) is 4. The third kappa shape index (κ3) is 9.86. The van der Waals surface area contributed by atoms with E-state index in [1.54, 1.807) is 0 Å². The van der Waals surface area contributed by atoms with Gasteiger partial charge in [-0.05, 0) is 149 Å². The van der Waals surface area contributed by atoms with Crippen molar-refractivity contribution >= 4 is 196 Å². The van der Waals surface area contributed by atoms with Crippen LogP contribution >= 0.6 is 34.0 Å². The van der Waals surface area contributed by atoms with Crippen molar-refractivity contribution in [3.05, 3.63) is 394 Å². The van der Waals surface area contributed by atoms with E-state index in [1.165, 1.54) is 168 Å². The van der Waals surface area contributed by atoms with Crippen molar-refractivity contribution in [1.29, 1.82) is 0 Å². The maximum absolute atomic E-state index is 5.31. The predicted octanol–water partition coefficient (Wildman–Crippen LogP) is 22.1. The van der Waals surface area contributed by atoms with Crippen LogP contribution in [0.25, 0.3) is 149 Å². The molecule has 6 heterocycles. The summed E-state index contributed by atoms with van der Waals surface area (Å²) in [6.45, 7) is 0. The topological polar surface area (TPSA) is 22.8 Å². The van der Waals surface area contributed by atoms with Crippen LogP contribution in [0, 0.1) is 0 Å². The Kier molecular flexibility index (Phi) is 14.9. The highest BCUT2D eigenvalue weighted by Gasteiger charge is 2.44. The van der Waals surface area contributed by atoms with Crippen LogP contribution in [-0.2, 0) is 0 Å². The number of aromatic nitrogens is 3. The monoisotopic (exact) mass is 1470 g/mol. The maximum Gasteiger partial charge on any atom is 0.179 e. The van der Waals surface area contributed by atoms with Crippen LogP contribution in [0.2, 0.25) is 0 Å². The fourth-order valence-electron chi connectivity index (χ4n) is 18.3. The number of benzene rings is 16. The van der Waals surface area contributed by atoms with Crippen molar-refractivity contribution in [3.8, 4) is 44.9 Å². The number of hydrogen-bond donors (Lipinski definition) is 0. The Morgan fingerprint density at radius 1 is 0.220 bits per heavy atom. The molecule has 0 aliphatic rings. The van der Waals surface area contributed by atoms with Crippen LogP contribution in [0.1, 0.15) is 0 Å². The Balaban J connectivity index is 0.647. The Bertz CT molecular complexity index is 7240. The fraction of sp³-hybridized carbons (Fsp3) is 0. The van der Waals surface area contributed by atoms with E-state index < -0.39 is 16.1 Å². The molecule has 0 unspecified atom stereocenters. The van der Waals surface area contributed by atoms with Crippen molar-refractivity contribution in [3.63, 3.8) is 0 Å². The van der Waals surface area contributed by atoms with Gasteiger partial charge in [0.1, 0.15) is 0 Å². The Labute approximate surface area is 644 Å². The highest BCUT2D eigenvalue weighted by Crippen LogP contribution is 2.47. The lowest BCUT2D eigenvalue weighted by molar-refractivity contribution is 1.18. The lowest BCUT2D eigenvalue weighted by Gasteiger charge is -2.35. The van der Waals surface area contributed by atoms with Gasteiger partial charge in [-0.2, -0.15) is 0 Å². The van der Waals surface area contributed by atoms with Gasteiger partial charge in [0.25, 0.3) is 0 Å². The molecule has 0 fully saturated rings. The number of fused-ring (bicyclic) bond motifs is 16. The van der Waals surface area contributed by atoms with Gasteiger partial charge in [0.15, 0.2) is 16.1 Å². The van der Waals surface area contributed by atoms with Gasteiger partial charge >= 0.3 is 0 Å². The molecule has 0 N–H and O–H groups in total. The van der Waals surface area contributed by atoms with Gasteiger partial charge < -0.3 is 9.13 Å². The van der Waals surface area contributed by atoms with Crippen LogP contribution in [0.15, 0.2) is 394 Å². The normalized spacial score (nSPS) is 12.2. The minimum absolute atomic E-state index is 1.00. The van der Waals surface area contributed by atoms with Crippen LogP contribution in [0.3, 0.4) is 0 Å². The smallest absolute Gasteiger partial charge is 0.179 e. The first kappa shape index (κ1) is 63.6. The van der Waals surface area contributed by atoms with Crippen molar-refractivity contribution in [2.45, 2.75) is 0 Å². The summed E-state index contributed by atoms with van der Waals surface area (Å²) in [7, 11) is -6.10. The molecule has 8 heteroatoms. The molecule has 0 bridgehead atoms. The van der Waals surface area contributed by atoms with Crippen molar-refractivity contribution < 1.29 is 0 Å². The molecule has 0 aliphatic heterocycles. The first-order chi connectivity index (χ1) is 54.0. The van der Waals surface area contributed by atoms with Gasteiger partial charge in [-0.15, -0.1) is 34.0 Å². The zero-order valence-electron chi connectivity index (χ0n) is 59.1. The average Bonchev–Trinajstić information content (AvgIpc) is 1.68. The number of rotatable bonds is 13. The molecule has 0 saturated heterocycles. The SMILES string of the molecule is c1ccc([Si](c2ccccc2)(c2cccc(-c3nccc4c3sc3ccc(-c5ccc6sc7c(ccc8c7c7ccccc7n8-c7cccc([Si](c8ccccc8)(c8ccccc8)c8cccc(-c9cccc%10c9sc9ccccc9%10)c8)c7)c6c5)cc34)c2)c2cccc(-n3c4ccccc4c4ccccc43)c2)cc1. The molecule has 0 atom stereocenters. The Hall–Kier alpha value is -12.6.